The molecular formula is C30H43N5O9S2. The van der Waals surface area contributed by atoms with Crippen LogP contribution in [0.3, 0.4) is 0 Å². The number of hydrogen-bond acceptors (Lipinski definition) is 11. The molecule has 3 aromatic heterocycles. The highest BCUT2D eigenvalue weighted by molar-refractivity contribution is 7.92. The van der Waals surface area contributed by atoms with Crippen LogP contribution in [0.5, 0.6) is 0 Å². The Bertz CT molecular complexity index is 1580. The summed E-state index contributed by atoms with van der Waals surface area (Å²) in [7, 11) is -3.34. The minimum atomic E-state index is -3.34. The topological polar surface area (TPSA) is 240 Å². The zero-order chi connectivity index (χ0) is 35.8. The van der Waals surface area contributed by atoms with E-state index in [0.717, 1.165) is 21.6 Å². The molecule has 4 aromatic rings. The van der Waals surface area contributed by atoms with E-state index in [1.165, 1.54) is 6.20 Å². The van der Waals surface area contributed by atoms with E-state index < -0.39 is 27.4 Å². The van der Waals surface area contributed by atoms with Gasteiger partial charge < -0.3 is 30.6 Å². The van der Waals surface area contributed by atoms with E-state index >= 15 is 0 Å². The Labute approximate surface area is 272 Å². The molecule has 3 heterocycles. The molecule has 6 N–H and O–H groups in total. The molecule has 0 aliphatic heterocycles. The molecular weight excluding hydrogens is 638 g/mol. The van der Waals surface area contributed by atoms with E-state index in [1.807, 2.05) is 19.1 Å². The first kappa shape index (κ1) is 41.4. The number of carbonyl (C=O) groups is 2. The van der Waals surface area contributed by atoms with Crippen LogP contribution >= 0.6 is 11.3 Å². The van der Waals surface area contributed by atoms with Crippen molar-refractivity contribution >= 4 is 39.3 Å². The Morgan fingerprint density at radius 2 is 1.26 bits per heavy atom. The number of aryl methyl sites for hydroxylation is 1. The third-order valence-corrected chi connectivity index (χ3v) is 7.64. The number of nitrogens with two attached hydrogens (primary N) is 1. The molecule has 0 radical (unpaired) electrons. The van der Waals surface area contributed by atoms with Crippen LogP contribution in [0.4, 0.5) is 15.4 Å². The first-order chi connectivity index (χ1) is 21.2. The fraction of sp³-hybridized carbons (Fsp3) is 0.400. The van der Waals surface area contributed by atoms with Crippen LogP contribution in [0.1, 0.15) is 60.3 Å². The molecule has 0 saturated heterocycles. The second-order valence-electron chi connectivity index (χ2n) is 11.0. The molecule has 46 heavy (non-hydrogen) atoms. The fourth-order valence-electron chi connectivity index (χ4n) is 2.75. The standard InChI is InChI=1S/C20H19N5O3S2.2C4H10.2CH2O3/c1-11(2)30(26,27)14-7-5-13(6-8-14)15-10-22-18(21)17(23-15)20-25-24-19(28-20)16-9-4-12(3)29-16;2*1-4(2)3;2*2-1(3)4/h4-11H,1-3H3,(H2,21,22);2*4H,1-3H3;2*(H2,2,3,4). The van der Waals surface area contributed by atoms with Crippen molar-refractivity contribution in [2.75, 3.05) is 5.73 Å². The Hall–Kier alpha value is -4.57. The van der Waals surface area contributed by atoms with E-state index in [-0.39, 0.29) is 22.3 Å². The Morgan fingerprint density at radius 1 is 0.804 bits per heavy atom. The number of hydrogen-bond donors (Lipinski definition) is 5. The highest BCUT2D eigenvalue weighted by atomic mass is 32.2. The van der Waals surface area contributed by atoms with E-state index in [2.05, 4.69) is 61.7 Å². The lowest BCUT2D eigenvalue weighted by atomic mass is 10.1. The van der Waals surface area contributed by atoms with Crippen LogP contribution in [0, 0.1) is 18.8 Å². The van der Waals surface area contributed by atoms with Crippen molar-refractivity contribution in [3.05, 3.63) is 47.5 Å². The average Bonchev–Trinajstić information content (AvgIpc) is 3.57. The summed E-state index contributed by atoms with van der Waals surface area (Å²) in [6.07, 6.45) is -2.15. The number of nitrogen functional groups attached to an aromatic ring is 1. The highest BCUT2D eigenvalue weighted by Gasteiger charge is 2.20. The first-order valence-electron chi connectivity index (χ1n) is 13.9. The molecule has 0 fully saturated rings. The number of sulfone groups is 1. The van der Waals surface area contributed by atoms with Crippen LogP contribution in [-0.2, 0) is 9.84 Å². The second-order valence-corrected chi connectivity index (χ2v) is 14.8. The van der Waals surface area contributed by atoms with Gasteiger partial charge in [-0.1, -0.05) is 53.7 Å². The SMILES string of the molecule is CC(C)C.CC(C)C.Cc1ccc(-c2nnc(-c3nc(-c4ccc(S(=O)(=O)C(C)C)cc4)cnc3N)o2)s1.O=C(O)O.O=C(O)O. The maximum absolute atomic E-state index is 12.3. The van der Waals surface area contributed by atoms with Gasteiger partial charge in [-0.15, -0.1) is 21.5 Å². The van der Waals surface area contributed by atoms with Gasteiger partial charge in [-0.05, 0) is 56.9 Å². The number of thiophene rings is 1. The van der Waals surface area contributed by atoms with Gasteiger partial charge >= 0.3 is 12.3 Å². The Morgan fingerprint density at radius 3 is 1.67 bits per heavy atom. The molecule has 0 amide bonds. The van der Waals surface area contributed by atoms with E-state index in [9.17, 15) is 8.42 Å². The number of aromatic nitrogens is 4. The predicted octanol–water partition coefficient (Wildman–Crippen LogP) is 7.76. The van der Waals surface area contributed by atoms with Crippen LogP contribution in [-0.4, -0.2) is 66.6 Å². The first-order valence-corrected chi connectivity index (χ1v) is 16.3. The monoisotopic (exact) mass is 681 g/mol. The summed E-state index contributed by atoms with van der Waals surface area (Å²) in [5, 5.41) is 35.5. The molecule has 1 aromatic carbocycles. The second kappa shape index (κ2) is 19.7. The molecule has 0 atom stereocenters. The largest absolute Gasteiger partial charge is 0.503 e. The summed E-state index contributed by atoms with van der Waals surface area (Å²) < 4.78 is 30.4. The maximum Gasteiger partial charge on any atom is 0.503 e. The van der Waals surface area contributed by atoms with Crippen molar-refractivity contribution in [3.63, 3.8) is 0 Å². The van der Waals surface area contributed by atoms with Gasteiger partial charge in [0.15, 0.2) is 21.3 Å². The Kier molecular flexibility index (Phi) is 17.8. The van der Waals surface area contributed by atoms with Crippen molar-refractivity contribution in [2.24, 2.45) is 11.8 Å². The van der Waals surface area contributed by atoms with Crippen molar-refractivity contribution in [3.8, 4) is 33.6 Å². The zero-order valence-electron chi connectivity index (χ0n) is 27.3. The normalized spacial score (nSPS) is 10.3. The van der Waals surface area contributed by atoms with E-state index in [4.69, 9.17) is 40.2 Å². The van der Waals surface area contributed by atoms with Gasteiger partial charge in [-0.3, -0.25) is 0 Å². The minimum absolute atomic E-state index is 0.162. The molecule has 0 aliphatic carbocycles. The van der Waals surface area contributed by atoms with Crippen LogP contribution in [0.2, 0.25) is 0 Å². The summed E-state index contributed by atoms with van der Waals surface area (Å²) in [5.74, 6) is 2.38. The van der Waals surface area contributed by atoms with Gasteiger partial charge in [-0.2, -0.15) is 0 Å². The molecule has 16 heteroatoms. The number of rotatable bonds is 5. The van der Waals surface area contributed by atoms with Gasteiger partial charge in [-0.25, -0.2) is 28.0 Å². The van der Waals surface area contributed by atoms with Gasteiger partial charge in [0.25, 0.3) is 11.8 Å². The van der Waals surface area contributed by atoms with Gasteiger partial charge in [0.05, 0.1) is 26.9 Å². The molecule has 0 saturated carbocycles. The number of benzene rings is 1. The fourth-order valence-corrected chi connectivity index (χ4v) is 4.60. The van der Waals surface area contributed by atoms with Gasteiger partial charge in [0.2, 0.25) is 0 Å². The summed E-state index contributed by atoms with van der Waals surface area (Å²) in [6, 6.07) is 10.4. The molecule has 4 rings (SSSR count). The van der Waals surface area contributed by atoms with Gasteiger partial charge in [0.1, 0.15) is 0 Å². The molecule has 0 aliphatic rings. The van der Waals surface area contributed by atoms with Crippen molar-refractivity contribution < 1.29 is 42.9 Å². The summed E-state index contributed by atoms with van der Waals surface area (Å²) in [5.41, 5.74) is 7.47. The van der Waals surface area contributed by atoms with Crippen LogP contribution < -0.4 is 5.73 Å². The van der Waals surface area contributed by atoms with Crippen LogP contribution in [0.25, 0.3) is 33.6 Å². The minimum Gasteiger partial charge on any atom is -0.450 e. The number of nitrogens with zero attached hydrogens (tertiary/aromatic N) is 4. The maximum atomic E-state index is 12.3. The molecule has 0 bridgehead atoms. The average molecular weight is 682 g/mol. The van der Waals surface area contributed by atoms with Crippen molar-refractivity contribution in [2.45, 2.75) is 72.5 Å². The summed E-state index contributed by atoms with van der Waals surface area (Å²) in [6.45, 7) is 18.3. The van der Waals surface area contributed by atoms with E-state index in [1.54, 1.807) is 49.4 Å². The molecule has 254 valence electrons. The summed E-state index contributed by atoms with van der Waals surface area (Å²) in [4.78, 5) is 28.1. The predicted molar refractivity (Wildman–Crippen MR) is 178 cm³/mol. The van der Waals surface area contributed by atoms with Crippen LogP contribution in [0.15, 0.2) is 51.9 Å². The number of anilines is 1. The number of carboxylic acid groups (broad SMARTS) is 4. The molecule has 14 nitrogen and oxygen atoms in total. The van der Waals surface area contributed by atoms with Gasteiger partial charge in [0, 0.05) is 10.4 Å². The lowest BCUT2D eigenvalue weighted by molar-refractivity contribution is 0.135. The van der Waals surface area contributed by atoms with Crippen molar-refractivity contribution in [1.82, 2.24) is 20.2 Å². The quantitative estimate of drug-likeness (QED) is 0.135. The Balaban J connectivity index is 0.00000106. The lowest BCUT2D eigenvalue weighted by Gasteiger charge is -2.09. The molecule has 0 unspecified atom stereocenters. The molecule has 0 spiro atoms. The zero-order valence-corrected chi connectivity index (χ0v) is 28.9. The van der Waals surface area contributed by atoms with Crippen molar-refractivity contribution in [1.29, 1.82) is 0 Å². The summed E-state index contributed by atoms with van der Waals surface area (Å²) >= 11 is 1.55. The third kappa shape index (κ3) is 15.9. The third-order valence-electron chi connectivity index (χ3n) is 4.48. The lowest BCUT2D eigenvalue weighted by Crippen LogP contribution is -2.13. The van der Waals surface area contributed by atoms with E-state index in [0.29, 0.717) is 17.1 Å². The smallest absolute Gasteiger partial charge is 0.450 e. The highest BCUT2D eigenvalue weighted by Crippen LogP contribution is 2.31.